The molecule has 2 aromatic heterocycles. The number of hydrogen-bond acceptors (Lipinski definition) is 4. The van der Waals surface area contributed by atoms with E-state index < -0.39 is 0 Å². The molecule has 0 aliphatic heterocycles. The molecule has 0 unspecified atom stereocenters. The van der Waals surface area contributed by atoms with Crippen molar-refractivity contribution in [3.63, 3.8) is 0 Å². The molecule has 0 atom stereocenters. The van der Waals surface area contributed by atoms with Gasteiger partial charge >= 0.3 is 0 Å². The van der Waals surface area contributed by atoms with Crippen LogP contribution in [0.5, 0.6) is 0 Å². The van der Waals surface area contributed by atoms with Gasteiger partial charge in [-0.2, -0.15) is 0 Å². The molecule has 0 radical (unpaired) electrons. The van der Waals surface area contributed by atoms with Crippen LogP contribution in [0.2, 0.25) is 0 Å². The molecule has 92 valence electrons. The number of hydrogen-bond donors (Lipinski definition) is 2. The molecular formula is C13H14N4O. The van der Waals surface area contributed by atoms with Crippen LogP contribution in [0.25, 0.3) is 0 Å². The monoisotopic (exact) mass is 242 g/mol. The minimum absolute atomic E-state index is 0.221. The van der Waals surface area contributed by atoms with Gasteiger partial charge in [-0.05, 0) is 37.6 Å². The molecular weight excluding hydrogens is 228 g/mol. The van der Waals surface area contributed by atoms with Crippen molar-refractivity contribution in [1.82, 2.24) is 9.97 Å². The van der Waals surface area contributed by atoms with E-state index in [2.05, 4.69) is 15.3 Å². The number of aryl methyl sites for hydroxylation is 2. The number of nitrogens with one attached hydrogen (secondary N) is 1. The minimum atomic E-state index is -0.221. The van der Waals surface area contributed by atoms with Crippen molar-refractivity contribution in [1.29, 1.82) is 0 Å². The summed E-state index contributed by atoms with van der Waals surface area (Å²) in [5.74, 6) is 0.290. The Morgan fingerprint density at radius 2 is 2.11 bits per heavy atom. The van der Waals surface area contributed by atoms with E-state index in [-0.39, 0.29) is 5.91 Å². The molecule has 0 aromatic carbocycles. The molecule has 3 N–H and O–H groups in total. The van der Waals surface area contributed by atoms with Gasteiger partial charge in [0.25, 0.3) is 5.91 Å². The Morgan fingerprint density at radius 1 is 1.33 bits per heavy atom. The van der Waals surface area contributed by atoms with Gasteiger partial charge in [-0.1, -0.05) is 0 Å². The summed E-state index contributed by atoms with van der Waals surface area (Å²) in [6.07, 6.45) is 3.16. The van der Waals surface area contributed by atoms with E-state index in [4.69, 9.17) is 5.73 Å². The number of nitrogen functional groups attached to an aromatic ring is 1. The SMILES string of the molecule is Cc1cc(N)cnc1NC(=O)c1cccnc1C. The van der Waals surface area contributed by atoms with Gasteiger partial charge in [-0.25, -0.2) is 4.98 Å². The Labute approximate surface area is 105 Å². The van der Waals surface area contributed by atoms with Crippen LogP contribution in [0.4, 0.5) is 11.5 Å². The molecule has 5 nitrogen and oxygen atoms in total. The zero-order valence-corrected chi connectivity index (χ0v) is 10.3. The lowest BCUT2D eigenvalue weighted by Gasteiger charge is -2.08. The summed E-state index contributed by atoms with van der Waals surface area (Å²) >= 11 is 0. The number of nitrogens with zero attached hydrogens (tertiary/aromatic N) is 2. The van der Waals surface area contributed by atoms with Gasteiger partial charge in [0, 0.05) is 11.9 Å². The zero-order chi connectivity index (χ0) is 13.1. The van der Waals surface area contributed by atoms with Gasteiger partial charge in [-0.15, -0.1) is 0 Å². The number of aromatic nitrogens is 2. The van der Waals surface area contributed by atoms with Crippen LogP contribution < -0.4 is 11.1 Å². The second-order valence-electron chi connectivity index (χ2n) is 4.02. The normalized spacial score (nSPS) is 10.1. The molecule has 0 fully saturated rings. The number of rotatable bonds is 2. The first kappa shape index (κ1) is 12.0. The summed E-state index contributed by atoms with van der Waals surface area (Å²) in [4.78, 5) is 20.2. The van der Waals surface area contributed by atoms with Crippen LogP contribution in [-0.2, 0) is 0 Å². The average molecular weight is 242 g/mol. The summed E-state index contributed by atoms with van der Waals surface area (Å²) in [6, 6.07) is 5.22. The van der Waals surface area contributed by atoms with Gasteiger partial charge < -0.3 is 11.1 Å². The predicted octanol–water partition coefficient (Wildman–Crippen LogP) is 1.93. The van der Waals surface area contributed by atoms with Crippen molar-refractivity contribution in [3.8, 4) is 0 Å². The highest BCUT2D eigenvalue weighted by Gasteiger charge is 2.11. The van der Waals surface area contributed by atoms with Crippen molar-refractivity contribution < 1.29 is 4.79 Å². The van der Waals surface area contributed by atoms with Crippen LogP contribution in [0.3, 0.4) is 0 Å². The van der Waals surface area contributed by atoms with Crippen LogP contribution in [0, 0.1) is 13.8 Å². The molecule has 0 bridgehead atoms. The van der Waals surface area contributed by atoms with Gasteiger partial charge in [0.2, 0.25) is 0 Å². The number of pyridine rings is 2. The summed E-state index contributed by atoms with van der Waals surface area (Å²) in [5, 5.41) is 2.75. The molecule has 0 aliphatic carbocycles. The molecule has 0 spiro atoms. The largest absolute Gasteiger partial charge is 0.397 e. The van der Waals surface area contributed by atoms with E-state index in [1.54, 1.807) is 31.3 Å². The van der Waals surface area contributed by atoms with E-state index in [1.165, 1.54) is 6.20 Å². The highest BCUT2D eigenvalue weighted by Crippen LogP contribution is 2.15. The van der Waals surface area contributed by atoms with E-state index in [0.717, 1.165) is 5.56 Å². The fourth-order valence-corrected chi connectivity index (χ4v) is 1.63. The fourth-order valence-electron chi connectivity index (χ4n) is 1.63. The van der Waals surface area contributed by atoms with E-state index in [0.29, 0.717) is 22.8 Å². The molecule has 1 amide bonds. The number of anilines is 2. The first-order valence-corrected chi connectivity index (χ1v) is 5.53. The number of carbonyl (C=O) groups excluding carboxylic acids is 1. The second kappa shape index (κ2) is 4.83. The zero-order valence-electron chi connectivity index (χ0n) is 10.3. The van der Waals surface area contributed by atoms with Crippen LogP contribution in [-0.4, -0.2) is 15.9 Å². The van der Waals surface area contributed by atoms with Gasteiger partial charge in [0.05, 0.1) is 17.4 Å². The Bertz CT molecular complexity index is 595. The third-order valence-corrected chi connectivity index (χ3v) is 2.58. The predicted molar refractivity (Wildman–Crippen MR) is 70.3 cm³/mol. The first-order chi connectivity index (χ1) is 8.58. The van der Waals surface area contributed by atoms with Crippen molar-refractivity contribution in [2.45, 2.75) is 13.8 Å². The third kappa shape index (κ3) is 2.45. The maximum absolute atomic E-state index is 12.0. The molecule has 2 aromatic rings. The van der Waals surface area contributed by atoms with Gasteiger partial charge in [0.1, 0.15) is 5.82 Å². The van der Waals surface area contributed by atoms with Crippen LogP contribution >= 0.6 is 0 Å². The average Bonchev–Trinajstić information content (AvgIpc) is 2.33. The Hall–Kier alpha value is -2.43. The Morgan fingerprint density at radius 3 is 2.78 bits per heavy atom. The standard InChI is InChI=1S/C13H14N4O/c1-8-6-10(14)7-16-12(8)17-13(18)11-4-3-5-15-9(11)2/h3-7H,14H2,1-2H3,(H,16,17,18). The number of carbonyl (C=O) groups is 1. The highest BCUT2D eigenvalue weighted by atomic mass is 16.1. The van der Waals surface area contributed by atoms with Crippen molar-refractivity contribution in [2.24, 2.45) is 0 Å². The number of nitrogens with two attached hydrogens (primary N) is 1. The highest BCUT2D eigenvalue weighted by molar-refractivity contribution is 6.04. The first-order valence-electron chi connectivity index (χ1n) is 5.53. The second-order valence-corrected chi connectivity index (χ2v) is 4.02. The Kier molecular flexibility index (Phi) is 3.23. The van der Waals surface area contributed by atoms with Crippen molar-refractivity contribution in [2.75, 3.05) is 11.1 Å². The summed E-state index contributed by atoms with van der Waals surface area (Å²) in [7, 11) is 0. The Balaban J connectivity index is 2.24. The molecule has 5 heteroatoms. The molecule has 0 aliphatic rings. The quantitative estimate of drug-likeness (QED) is 0.843. The topological polar surface area (TPSA) is 80.9 Å². The fraction of sp³-hybridized carbons (Fsp3) is 0.154. The van der Waals surface area contributed by atoms with E-state index in [9.17, 15) is 4.79 Å². The third-order valence-electron chi connectivity index (χ3n) is 2.58. The molecule has 2 heterocycles. The smallest absolute Gasteiger partial charge is 0.258 e. The van der Waals surface area contributed by atoms with Crippen LogP contribution in [0.1, 0.15) is 21.6 Å². The maximum Gasteiger partial charge on any atom is 0.258 e. The lowest BCUT2D eigenvalue weighted by Crippen LogP contribution is -2.15. The lowest BCUT2D eigenvalue weighted by molar-refractivity contribution is 0.102. The van der Waals surface area contributed by atoms with Gasteiger partial charge in [0.15, 0.2) is 0 Å². The van der Waals surface area contributed by atoms with E-state index in [1.807, 2.05) is 6.92 Å². The number of amides is 1. The van der Waals surface area contributed by atoms with Crippen molar-refractivity contribution >= 4 is 17.4 Å². The summed E-state index contributed by atoms with van der Waals surface area (Å²) < 4.78 is 0. The molecule has 2 rings (SSSR count). The maximum atomic E-state index is 12.0. The van der Waals surface area contributed by atoms with Crippen molar-refractivity contribution in [3.05, 3.63) is 47.4 Å². The minimum Gasteiger partial charge on any atom is -0.397 e. The molecule has 0 saturated carbocycles. The molecule has 0 saturated heterocycles. The van der Waals surface area contributed by atoms with Gasteiger partial charge in [-0.3, -0.25) is 9.78 Å². The summed E-state index contributed by atoms with van der Waals surface area (Å²) in [6.45, 7) is 3.63. The van der Waals surface area contributed by atoms with E-state index >= 15 is 0 Å². The van der Waals surface area contributed by atoms with Crippen LogP contribution in [0.15, 0.2) is 30.6 Å². The molecule has 18 heavy (non-hydrogen) atoms. The lowest BCUT2D eigenvalue weighted by atomic mass is 10.2. The summed E-state index contributed by atoms with van der Waals surface area (Å²) in [5.41, 5.74) is 8.23.